The maximum Gasteiger partial charge on any atom is 0.243 e. The molecule has 1 fully saturated rings. The fourth-order valence-electron chi connectivity index (χ4n) is 3.80. The molecule has 0 bridgehead atoms. The standard InChI is InChI=1S/C21H38N6O/c1-15-10-7-8-12-19(15)24-21(23-14-20(28)26(4)5)22-13-9-11-18-16(2)25-27(6)17(18)3/h15,19H,7-14H2,1-6H3,(H2,22,23,24). The lowest BCUT2D eigenvalue weighted by molar-refractivity contribution is -0.127. The van der Waals surface area contributed by atoms with Gasteiger partial charge in [-0.05, 0) is 51.0 Å². The van der Waals surface area contributed by atoms with E-state index in [4.69, 9.17) is 0 Å². The van der Waals surface area contributed by atoms with Gasteiger partial charge in [-0.15, -0.1) is 0 Å². The van der Waals surface area contributed by atoms with E-state index < -0.39 is 0 Å². The van der Waals surface area contributed by atoms with Crippen molar-refractivity contribution < 1.29 is 4.79 Å². The Morgan fingerprint density at radius 1 is 1.29 bits per heavy atom. The predicted octanol–water partition coefficient (Wildman–Crippen LogP) is 2.17. The number of aryl methyl sites for hydroxylation is 2. The minimum atomic E-state index is 0.0133. The number of aromatic nitrogens is 2. The van der Waals surface area contributed by atoms with Gasteiger partial charge in [-0.25, -0.2) is 4.99 Å². The van der Waals surface area contributed by atoms with Crippen LogP contribution < -0.4 is 10.6 Å². The SMILES string of the molecule is Cc1nn(C)c(C)c1CCCNC(=NCC(=O)N(C)C)NC1CCCCC1C. The topological polar surface area (TPSA) is 74.5 Å². The smallest absolute Gasteiger partial charge is 0.243 e. The van der Waals surface area contributed by atoms with Crippen molar-refractivity contribution in [2.24, 2.45) is 18.0 Å². The number of carbonyl (C=O) groups excluding carboxylic acids is 1. The maximum atomic E-state index is 12.0. The average molecular weight is 391 g/mol. The molecule has 1 aliphatic rings. The molecule has 2 atom stereocenters. The van der Waals surface area contributed by atoms with Crippen molar-refractivity contribution in [2.45, 2.75) is 65.3 Å². The quantitative estimate of drug-likeness (QED) is 0.425. The van der Waals surface area contributed by atoms with E-state index in [1.807, 2.05) is 11.7 Å². The highest BCUT2D eigenvalue weighted by atomic mass is 16.2. The van der Waals surface area contributed by atoms with E-state index in [1.165, 1.54) is 30.5 Å². The van der Waals surface area contributed by atoms with Crippen LogP contribution in [0.15, 0.2) is 4.99 Å². The largest absolute Gasteiger partial charge is 0.356 e. The van der Waals surface area contributed by atoms with Gasteiger partial charge in [0.2, 0.25) is 5.91 Å². The summed E-state index contributed by atoms with van der Waals surface area (Å²) in [5.74, 6) is 1.40. The molecule has 2 unspecified atom stereocenters. The van der Waals surface area contributed by atoms with E-state index in [0.717, 1.165) is 37.5 Å². The zero-order valence-corrected chi connectivity index (χ0v) is 18.5. The summed E-state index contributed by atoms with van der Waals surface area (Å²) < 4.78 is 1.95. The molecule has 1 aromatic rings. The Morgan fingerprint density at radius 3 is 2.61 bits per heavy atom. The van der Waals surface area contributed by atoms with Crippen LogP contribution >= 0.6 is 0 Å². The zero-order chi connectivity index (χ0) is 20.7. The van der Waals surface area contributed by atoms with Gasteiger partial charge in [-0.3, -0.25) is 9.48 Å². The van der Waals surface area contributed by atoms with Crippen molar-refractivity contribution in [3.8, 4) is 0 Å². The molecule has 1 saturated carbocycles. The summed E-state index contributed by atoms with van der Waals surface area (Å²) in [6.45, 7) is 7.48. The Kier molecular flexibility index (Phi) is 8.33. The maximum absolute atomic E-state index is 12.0. The number of hydrogen-bond donors (Lipinski definition) is 2. The van der Waals surface area contributed by atoms with Crippen LogP contribution in [0.3, 0.4) is 0 Å². The molecule has 0 spiro atoms. The van der Waals surface area contributed by atoms with Crippen molar-refractivity contribution in [3.05, 3.63) is 17.0 Å². The number of carbonyl (C=O) groups is 1. The highest BCUT2D eigenvalue weighted by Gasteiger charge is 2.22. The van der Waals surface area contributed by atoms with Crippen LogP contribution in [0, 0.1) is 19.8 Å². The Balaban J connectivity index is 1.92. The highest BCUT2D eigenvalue weighted by molar-refractivity contribution is 5.84. The van der Waals surface area contributed by atoms with Gasteiger partial charge in [0, 0.05) is 39.4 Å². The van der Waals surface area contributed by atoms with Gasteiger partial charge < -0.3 is 15.5 Å². The molecular weight excluding hydrogens is 352 g/mol. The summed E-state index contributed by atoms with van der Waals surface area (Å²) in [5, 5.41) is 11.5. The molecule has 2 N–H and O–H groups in total. The molecule has 28 heavy (non-hydrogen) atoms. The first kappa shape index (κ1) is 22.2. The molecule has 7 heteroatoms. The second kappa shape index (κ2) is 10.5. The highest BCUT2D eigenvalue weighted by Crippen LogP contribution is 2.23. The van der Waals surface area contributed by atoms with Crippen LogP contribution in [-0.2, 0) is 18.3 Å². The normalized spacial score (nSPS) is 20.1. The van der Waals surface area contributed by atoms with E-state index in [0.29, 0.717) is 12.0 Å². The molecule has 1 aromatic heterocycles. The van der Waals surface area contributed by atoms with Crippen molar-refractivity contribution in [3.63, 3.8) is 0 Å². The molecule has 0 aliphatic heterocycles. The van der Waals surface area contributed by atoms with Crippen LogP contribution in [-0.4, -0.2) is 59.8 Å². The number of guanidine groups is 1. The Morgan fingerprint density at radius 2 is 2.00 bits per heavy atom. The first-order chi connectivity index (χ1) is 13.3. The second-order valence-electron chi connectivity index (χ2n) is 8.27. The van der Waals surface area contributed by atoms with E-state index in [-0.39, 0.29) is 12.5 Å². The third kappa shape index (κ3) is 6.24. The third-order valence-electron chi connectivity index (χ3n) is 5.86. The number of amides is 1. The second-order valence-corrected chi connectivity index (χ2v) is 8.27. The average Bonchev–Trinajstić information content (AvgIpc) is 2.89. The first-order valence-corrected chi connectivity index (χ1v) is 10.5. The number of likely N-dealkylation sites (N-methyl/N-ethyl adjacent to an activating group) is 1. The molecule has 0 saturated heterocycles. The van der Waals surface area contributed by atoms with E-state index >= 15 is 0 Å². The van der Waals surface area contributed by atoms with Crippen molar-refractivity contribution in [1.29, 1.82) is 0 Å². The van der Waals surface area contributed by atoms with Gasteiger partial charge in [0.1, 0.15) is 6.54 Å². The first-order valence-electron chi connectivity index (χ1n) is 10.5. The van der Waals surface area contributed by atoms with Gasteiger partial charge in [0.15, 0.2) is 5.96 Å². The Bertz CT molecular complexity index is 679. The van der Waals surface area contributed by atoms with Crippen LogP contribution in [0.4, 0.5) is 0 Å². The summed E-state index contributed by atoms with van der Waals surface area (Å²) in [6.07, 6.45) is 6.96. The van der Waals surface area contributed by atoms with Crippen LogP contribution in [0.2, 0.25) is 0 Å². The molecule has 1 aliphatic carbocycles. The lowest BCUT2D eigenvalue weighted by Gasteiger charge is -2.31. The number of nitrogens with one attached hydrogen (secondary N) is 2. The van der Waals surface area contributed by atoms with E-state index in [9.17, 15) is 4.79 Å². The lowest BCUT2D eigenvalue weighted by atomic mass is 9.86. The number of rotatable bonds is 7. The van der Waals surface area contributed by atoms with Gasteiger partial charge in [-0.2, -0.15) is 5.10 Å². The van der Waals surface area contributed by atoms with E-state index in [1.54, 1.807) is 19.0 Å². The molecular formula is C21H38N6O. The summed E-state index contributed by atoms with van der Waals surface area (Å²) >= 11 is 0. The Hall–Kier alpha value is -2.05. The zero-order valence-electron chi connectivity index (χ0n) is 18.5. The molecule has 0 radical (unpaired) electrons. The van der Waals surface area contributed by atoms with Gasteiger partial charge in [0.25, 0.3) is 0 Å². The predicted molar refractivity (Wildman–Crippen MR) is 115 cm³/mol. The minimum absolute atomic E-state index is 0.0133. The molecule has 158 valence electrons. The minimum Gasteiger partial charge on any atom is -0.356 e. The lowest BCUT2D eigenvalue weighted by Crippen LogP contribution is -2.47. The van der Waals surface area contributed by atoms with Gasteiger partial charge in [0.05, 0.1) is 5.69 Å². The Labute approximate surface area is 170 Å². The van der Waals surface area contributed by atoms with Crippen molar-refractivity contribution in [1.82, 2.24) is 25.3 Å². The van der Waals surface area contributed by atoms with Gasteiger partial charge >= 0.3 is 0 Å². The summed E-state index contributed by atoms with van der Waals surface area (Å²) in [4.78, 5) is 18.1. The fourth-order valence-corrected chi connectivity index (χ4v) is 3.80. The van der Waals surface area contributed by atoms with Crippen molar-refractivity contribution in [2.75, 3.05) is 27.2 Å². The van der Waals surface area contributed by atoms with Crippen molar-refractivity contribution >= 4 is 11.9 Å². The summed E-state index contributed by atoms with van der Waals surface area (Å²) in [5.41, 5.74) is 3.68. The third-order valence-corrected chi connectivity index (χ3v) is 5.86. The molecule has 2 rings (SSSR count). The molecule has 1 amide bonds. The van der Waals surface area contributed by atoms with Crippen LogP contribution in [0.5, 0.6) is 0 Å². The molecule has 1 heterocycles. The summed E-state index contributed by atoms with van der Waals surface area (Å²) in [7, 11) is 5.52. The van der Waals surface area contributed by atoms with Gasteiger partial charge in [-0.1, -0.05) is 19.8 Å². The summed E-state index contributed by atoms with van der Waals surface area (Å²) in [6, 6.07) is 0.428. The van der Waals surface area contributed by atoms with Crippen LogP contribution in [0.25, 0.3) is 0 Å². The monoisotopic (exact) mass is 390 g/mol. The molecule has 7 nitrogen and oxygen atoms in total. The van der Waals surface area contributed by atoms with E-state index in [2.05, 4.69) is 41.5 Å². The number of hydrogen-bond acceptors (Lipinski definition) is 3. The number of nitrogens with zero attached hydrogens (tertiary/aromatic N) is 4. The molecule has 0 aromatic carbocycles. The van der Waals surface area contributed by atoms with Crippen LogP contribution in [0.1, 0.15) is 56.0 Å². The fraction of sp³-hybridized carbons (Fsp3) is 0.762. The number of aliphatic imine (C=N–C) groups is 1.